The standard InChI is InChI=1S/C25H29Br2ClN4.2ClH/c1-4-32(5-2)15-7-8-17(3)29-25-19-9-6-10-22(28)24(19)30-23(31-25)14-12-18-11-13-20(26)21(27)16-18;;/h6,9-14,16-17H,4-5,7-8,15H2,1-3H3,(H,29,30,31);2*1H/b14-12+;;. The summed E-state index contributed by atoms with van der Waals surface area (Å²) in [5, 5.41) is 5.17. The van der Waals surface area contributed by atoms with Gasteiger partial charge in [-0.3, -0.25) is 0 Å². The largest absolute Gasteiger partial charge is 0.367 e. The Hall–Kier alpha value is -0.890. The second-order valence-corrected chi connectivity index (χ2v) is 9.90. The quantitative estimate of drug-likeness (QED) is 0.238. The molecule has 3 rings (SSSR count). The van der Waals surface area contributed by atoms with Gasteiger partial charge in [-0.1, -0.05) is 43.7 Å². The molecule has 4 nitrogen and oxygen atoms in total. The van der Waals surface area contributed by atoms with Crippen LogP contribution in [0.3, 0.4) is 0 Å². The van der Waals surface area contributed by atoms with Crippen LogP contribution >= 0.6 is 68.3 Å². The van der Waals surface area contributed by atoms with Gasteiger partial charge in [0.2, 0.25) is 0 Å². The van der Waals surface area contributed by atoms with E-state index in [1.54, 1.807) is 0 Å². The van der Waals surface area contributed by atoms with Gasteiger partial charge in [-0.05, 0) is 107 Å². The van der Waals surface area contributed by atoms with Crippen molar-refractivity contribution in [1.29, 1.82) is 0 Å². The van der Waals surface area contributed by atoms with Gasteiger partial charge < -0.3 is 10.2 Å². The molecule has 0 fully saturated rings. The molecule has 34 heavy (non-hydrogen) atoms. The maximum atomic E-state index is 6.48. The van der Waals surface area contributed by atoms with Gasteiger partial charge in [0.05, 0.1) is 10.5 Å². The van der Waals surface area contributed by atoms with Gasteiger partial charge >= 0.3 is 0 Å². The van der Waals surface area contributed by atoms with Gasteiger partial charge in [-0.2, -0.15) is 0 Å². The first-order valence-corrected chi connectivity index (χ1v) is 13.0. The van der Waals surface area contributed by atoms with Crippen molar-refractivity contribution in [2.75, 3.05) is 25.0 Å². The van der Waals surface area contributed by atoms with Crippen LogP contribution in [0.1, 0.15) is 45.0 Å². The molecule has 1 atom stereocenters. The van der Waals surface area contributed by atoms with E-state index in [9.17, 15) is 0 Å². The Labute approximate surface area is 237 Å². The first kappa shape index (κ1) is 31.1. The predicted octanol–water partition coefficient (Wildman–Crippen LogP) is 8.74. The van der Waals surface area contributed by atoms with Crippen molar-refractivity contribution >= 4 is 97.1 Å². The minimum atomic E-state index is 0. The molecule has 0 aliphatic carbocycles. The molecule has 1 heterocycles. The Balaban J connectivity index is 0.00000289. The summed E-state index contributed by atoms with van der Waals surface area (Å²) in [4.78, 5) is 12.0. The molecule has 0 aliphatic heterocycles. The van der Waals surface area contributed by atoms with Crippen LogP contribution < -0.4 is 5.32 Å². The summed E-state index contributed by atoms with van der Waals surface area (Å²) in [5.74, 6) is 1.45. The fourth-order valence-electron chi connectivity index (χ4n) is 3.57. The fraction of sp³-hybridized carbons (Fsp3) is 0.360. The molecular weight excluding hydrogens is 622 g/mol. The number of nitrogens with zero attached hydrogens (tertiary/aromatic N) is 3. The maximum Gasteiger partial charge on any atom is 0.155 e. The Kier molecular flexibility index (Phi) is 14.0. The summed E-state index contributed by atoms with van der Waals surface area (Å²) in [6, 6.07) is 12.2. The van der Waals surface area contributed by atoms with Crippen LogP contribution in [0.4, 0.5) is 5.82 Å². The van der Waals surface area contributed by atoms with Crippen LogP contribution in [0.25, 0.3) is 23.1 Å². The number of aromatic nitrogens is 2. The van der Waals surface area contributed by atoms with E-state index in [0.717, 1.165) is 63.7 Å². The zero-order chi connectivity index (χ0) is 23.1. The number of halogens is 5. The molecule has 186 valence electrons. The predicted molar refractivity (Wildman–Crippen MR) is 160 cm³/mol. The van der Waals surface area contributed by atoms with Gasteiger partial charge in [-0.15, -0.1) is 24.8 Å². The fourth-order valence-corrected chi connectivity index (χ4v) is 4.43. The van der Waals surface area contributed by atoms with Crippen LogP contribution in [0.5, 0.6) is 0 Å². The first-order chi connectivity index (χ1) is 15.4. The number of benzene rings is 2. The molecule has 0 radical (unpaired) electrons. The molecule has 9 heteroatoms. The lowest BCUT2D eigenvalue weighted by Gasteiger charge is -2.20. The first-order valence-electron chi connectivity index (χ1n) is 11.0. The minimum absolute atomic E-state index is 0. The topological polar surface area (TPSA) is 41.0 Å². The van der Waals surface area contributed by atoms with Gasteiger partial charge in [0, 0.05) is 20.4 Å². The monoisotopic (exact) mass is 650 g/mol. The van der Waals surface area contributed by atoms with Crippen molar-refractivity contribution in [2.45, 2.75) is 39.7 Å². The second-order valence-electron chi connectivity index (χ2n) is 7.79. The number of rotatable bonds is 10. The number of anilines is 1. The second kappa shape index (κ2) is 15.3. The van der Waals surface area contributed by atoms with E-state index >= 15 is 0 Å². The molecule has 3 aromatic rings. The number of fused-ring (bicyclic) bond motifs is 1. The lowest BCUT2D eigenvalue weighted by atomic mass is 10.1. The number of hydrogen-bond acceptors (Lipinski definition) is 4. The molecule has 0 amide bonds. The molecule has 0 bridgehead atoms. The van der Waals surface area contributed by atoms with E-state index in [-0.39, 0.29) is 24.8 Å². The van der Waals surface area contributed by atoms with E-state index in [0.29, 0.717) is 16.9 Å². The van der Waals surface area contributed by atoms with Gasteiger partial charge in [0.1, 0.15) is 5.82 Å². The van der Waals surface area contributed by atoms with Gasteiger partial charge in [-0.25, -0.2) is 9.97 Å². The summed E-state index contributed by atoms with van der Waals surface area (Å²) in [7, 11) is 0. The average molecular weight is 654 g/mol. The van der Waals surface area contributed by atoms with Crippen molar-refractivity contribution in [3.05, 3.63) is 61.8 Å². The molecule has 0 saturated heterocycles. The van der Waals surface area contributed by atoms with E-state index in [1.807, 2.05) is 48.6 Å². The molecule has 1 unspecified atom stereocenters. The summed E-state index contributed by atoms with van der Waals surface area (Å²) >= 11 is 13.5. The van der Waals surface area contributed by atoms with Crippen LogP contribution in [0, 0.1) is 0 Å². The van der Waals surface area contributed by atoms with Gasteiger partial charge in [0.15, 0.2) is 5.82 Å². The Morgan fingerprint density at radius 1 is 1.03 bits per heavy atom. The molecule has 1 N–H and O–H groups in total. The van der Waals surface area contributed by atoms with E-state index in [4.69, 9.17) is 21.6 Å². The SMILES string of the molecule is CCN(CC)CCCC(C)Nc1nc(/C=C/c2ccc(Br)c(Br)c2)nc2c(Cl)cccc12.Cl.Cl. The maximum absolute atomic E-state index is 6.48. The van der Waals surface area contributed by atoms with Crippen molar-refractivity contribution in [2.24, 2.45) is 0 Å². The lowest BCUT2D eigenvalue weighted by Crippen LogP contribution is -2.25. The van der Waals surface area contributed by atoms with Crippen molar-refractivity contribution < 1.29 is 0 Å². The highest BCUT2D eigenvalue weighted by Gasteiger charge is 2.12. The molecule has 1 aromatic heterocycles. The summed E-state index contributed by atoms with van der Waals surface area (Å²) in [5.41, 5.74) is 1.82. The Morgan fingerprint density at radius 2 is 1.76 bits per heavy atom. The number of hydrogen-bond donors (Lipinski definition) is 1. The Bertz CT molecular complexity index is 1090. The zero-order valence-electron chi connectivity index (χ0n) is 19.5. The normalized spacial score (nSPS) is 12.0. The van der Waals surface area contributed by atoms with Crippen LogP contribution in [0.2, 0.25) is 5.02 Å². The van der Waals surface area contributed by atoms with Crippen LogP contribution in [0.15, 0.2) is 45.3 Å². The van der Waals surface area contributed by atoms with Crippen molar-refractivity contribution in [3.8, 4) is 0 Å². The third-order valence-corrected chi connectivity index (χ3v) is 7.64. The van der Waals surface area contributed by atoms with Crippen LogP contribution in [-0.2, 0) is 0 Å². The van der Waals surface area contributed by atoms with E-state index in [2.05, 4.69) is 62.8 Å². The highest BCUT2D eigenvalue weighted by molar-refractivity contribution is 9.13. The lowest BCUT2D eigenvalue weighted by molar-refractivity contribution is 0.295. The average Bonchev–Trinajstić information content (AvgIpc) is 2.78. The molecule has 2 aromatic carbocycles. The molecule has 0 aliphatic rings. The molecular formula is C25H31Br2Cl3N4. The third-order valence-electron chi connectivity index (χ3n) is 5.45. The van der Waals surface area contributed by atoms with E-state index in [1.165, 1.54) is 0 Å². The third kappa shape index (κ3) is 8.65. The minimum Gasteiger partial charge on any atom is -0.367 e. The summed E-state index contributed by atoms with van der Waals surface area (Å²) in [6.07, 6.45) is 6.15. The smallest absolute Gasteiger partial charge is 0.155 e. The Morgan fingerprint density at radius 3 is 2.44 bits per heavy atom. The van der Waals surface area contributed by atoms with Crippen LogP contribution in [-0.4, -0.2) is 40.5 Å². The summed E-state index contributed by atoms with van der Waals surface area (Å²) < 4.78 is 2.02. The molecule has 0 spiro atoms. The van der Waals surface area contributed by atoms with E-state index < -0.39 is 0 Å². The highest BCUT2D eigenvalue weighted by atomic mass is 79.9. The number of para-hydroxylation sites is 1. The van der Waals surface area contributed by atoms with Crippen molar-refractivity contribution in [3.63, 3.8) is 0 Å². The summed E-state index contributed by atoms with van der Waals surface area (Å²) in [6.45, 7) is 9.94. The number of nitrogens with one attached hydrogen (secondary N) is 1. The van der Waals surface area contributed by atoms with Crippen molar-refractivity contribution in [1.82, 2.24) is 14.9 Å². The highest BCUT2D eigenvalue weighted by Crippen LogP contribution is 2.28. The zero-order valence-corrected chi connectivity index (χ0v) is 25.1. The molecule has 0 saturated carbocycles. The van der Waals surface area contributed by atoms with Gasteiger partial charge in [0.25, 0.3) is 0 Å².